The molecule has 0 fully saturated rings. The van der Waals surface area contributed by atoms with Gasteiger partial charge in [-0.1, -0.05) is 0 Å². The summed E-state index contributed by atoms with van der Waals surface area (Å²) in [5, 5.41) is 2.27. The number of hydrogen-bond acceptors (Lipinski definition) is 4. The van der Waals surface area contributed by atoms with Gasteiger partial charge in [0.15, 0.2) is 11.5 Å². The molecule has 16 heavy (non-hydrogen) atoms. The molecular formula is C10H17N6+. The third kappa shape index (κ3) is 2.11. The first-order valence-corrected chi connectivity index (χ1v) is 5.43. The van der Waals surface area contributed by atoms with Gasteiger partial charge >= 0.3 is 0 Å². The quantitative estimate of drug-likeness (QED) is 0.720. The van der Waals surface area contributed by atoms with E-state index in [-0.39, 0.29) is 0 Å². The molecule has 4 N–H and O–H groups in total. The molecule has 0 aromatic carbocycles. The Hall–Kier alpha value is -1.69. The van der Waals surface area contributed by atoms with Crippen molar-refractivity contribution >= 4 is 17.0 Å². The molecule has 0 saturated heterocycles. The summed E-state index contributed by atoms with van der Waals surface area (Å²) < 4.78 is 2.01. The Labute approximate surface area is 93.9 Å². The van der Waals surface area contributed by atoms with Gasteiger partial charge < -0.3 is 15.6 Å². The van der Waals surface area contributed by atoms with Gasteiger partial charge in [-0.2, -0.15) is 0 Å². The number of nitrogens with two attached hydrogens (primary N) is 2. The molecule has 0 saturated carbocycles. The lowest BCUT2D eigenvalue weighted by atomic mass is 10.4. The lowest BCUT2D eigenvalue weighted by molar-refractivity contribution is -0.683. The van der Waals surface area contributed by atoms with Crippen LogP contribution in [0.1, 0.15) is 13.8 Å². The minimum Gasteiger partial charge on any atom is -0.382 e. The normalized spacial score (nSPS) is 11.4. The van der Waals surface area contributed by atoms with E-state index in [0.29, 0.717) is 17.4 Å². The van der Waals surface area contributed by atoms with Gasteiger partial charge in [0.05, 0.1) is 25.5 Å². The van der Waals surface area contributed by atoms with E-state index in [1.54, 1.807) is 6.33 Å². The van der Waals surface area contributed by atoms with Crippen LogP contribution in [0.25, 0.3) is 11.2 Å². The smallest absolute Gasteiger partial charge is 0.165 e. The lowest BCUT2D eigenvalue weighted by Gasteiger charge is -2.05. The zero-order valence-corrected chi connectivity index (χ0v) is 9.59. The van der Waals surface area contributed by atoms with E-state index in [2.05, 4.69) is 34.1 Å². The average Bonchev–Trinajstić information content (AvgIpc) is 2.63. The summed E-state index contributed by atoms with van der Waals surface area (Å²) in [6.07, 6.45) is 3.24. The van der Waals surface area contributed by atoms with Gasteiger partial charge in [-0.3, -0.25) is 0 Å². The van der Waals surface area contributed by atoms with Crippen LogP contribution in [0.4, 0.5) is 5.82 Å². The third-order valence-corrected chi connectivity index (χ3v) is 2.44. The van der Waals surface area contributed by atoms with Crippen LogP contribution in [0.2, 0.25) is 0 Å². The number of aromatic nitrogens is 4. The molecule has 6 heteroatoms. The van der Waals surface area contributed by atoms with Crippen LogP contribution in [-0.4, -0.2) is 32.1 Å². The highest BCUT2D eigenvalue weighted by Crippen LogP contribution is 2.13. The summed E-state index contributed by atoms with van der Waals surface area (Å²) in [6.45, 7) is 6.23. The van der Waals surface area contributed by atoms with Gasteiger partial charge in [-0.15, -0.1) is 0 Å². The summed E-state index contributed by atoms with van der Waals surface area (Å²) in [4.78, 5) is 12.3. The van der Waals surface area contributed by atoms with E-state index in [1.807, 2.05) is 4.57 Å². The summed E-state index contributed by atoms with van der Waals surface area (Å²) >= 11 is 0. The Morgan fingerprint density at radius 3 is 2.94 bits per heavy atom. The van der Waals surface area contributed by atoms with Gasteiger partial charge in [0, 0.05) is 0 Å². The number of nitrogens with zero attached hydrogens (tertiary/aromatic N) is 4. The fraction of sp³-hybridized carbons (Fsp3) is 0.500. The molecule has 0 atom stereocenters. The maximum Gasteiger partial charge on any atom is 0.165 e. The summed E-state index contributed by atoms with van der Waals surface area (Å²) in [6, 6.07) is 0.606. The van der Waals surface area contributed by atoms with E-state index in [0.717, 1.165) is 18.7 Å². The number of hydrogen-bond donors (Lipinski definition) is 2. The highest BCUT2D eigenvalue weighted by atomic mass is 15.1. The second kappa shape index (κ2) is 4.44. The fourth-order valence-electron chi connectivity index (χ4n) is 1.61. The van der Waals surface area contributed by atoms with Gasteiger partial charge in [-0.25, -0.2) is 15.0 Å². The molecule has 2 heterocycles. The summed E-state index contributed by atoms with van der Waals surface area (Å²) in [5.74, 6) is 0.441. The SMILES string of the molecule is CC(C)[NH2+]CCn1cnc2c(N)ncnc21. The predicted octanol–water partition coefficient (Wildman–Crippen LogP) is -0.620. The molecule has 0 unspecified atom stereocenters. The average molecular weight is 221 g/mol. The standard InChI is InChI=1S/C10H16N6/c1-7(2)12-3-4-16-6-15-8-9(11)13-5-14-10(8)16/h5-7,12H,3-4H2,1-2H3,(H2,11,13,14)/p+1. The topological polar surface area (TPSA) is 86.2 Å². The number of rotatable bonds is 4. The highest BCUT2D eigenvalue weighted by Gasteiger charge is 2.07. The molecular weight excluding hydrogens is 204 g/mol. The maximum atomic E-state index is 5.71. The molecule has 0 aliphatic carbocycles. The molecule has 6 nitrogen and oxygen atoms in total. The minimum absolute atomic E-state index is 0.441. The number of fused-ring (bicyclic) bond motifs is 1. The van der Waals surface area contributed by atoms with Crippen LogP contribution in [-0.2, 0) is 6.54 Å². The Morgan fingerprint density at radius 2 is 2.19 bits per heavy atom. The van der Waals surface area contributed by atoms with Crippen LogP contribution < -0.4 is 11.1 Å². The van der Waals surface area contributed by atoms with E-state index < -0.39 is 0 Å². The largest absolute Gasteiger partial charge is 0.382 e. The summed E-state index contributed by atoms with van der Waals surface area (Å²) in [7, 11) is 0. The molecule has 2 aromatic heterocycles. The maximum absolute atomic E-state index is 5.71. The molecule has 2 aromatic rings. The van der Waals surface area contributed by atoms with Crippen LogP contribution in [0, 0.1) is 0 Å². The molecule has 0 bridgehead atoms. The van der Waals surface area contributed by atoms with Crippen LogP contribution in [0.3, 0.4) is 0 Å². The van der Waals surface area contributed by atoms with Gasteiger partial charge in [0.2, 0.25) is 0 Å². The summed E-state index contributed by atoms with van der Waals surface area (Å²) in [5.41, 5.74) is 7.21. The molecule has 0 aliphatic rings. The van der Waals surface area contributed by atoms with Crippen molar-refractivity contribution < 1.29 is 5.32 Å². The van der Waals surface area contributed by atoms with Gasteiger partial charge in [0.25, 0.3) is 0 Å². The van der Waals surface area contributed by atoms with Crippen LogP contribution in [0.15, 0.2) is 12.7 Å². The van der Waals surface area contributed by atoms with Crippen molar-refractivity contribution in [2.45, 2.75) is 26.4 Å². The Morgan fingerprint density at radius 1 is 1.38 bits per heavy atom. The first-order valence-electron chi connectivity index (χ1n) is 5.43. The van der Waals surface area contributed by atoms with E-state index in [1.165, 1.54) is 6.33 Å². The Bertz CT molecular complexity index is 475. The molecule has 0 radical (unpaired) electrons. The first kappa shape index (κ1) is 10.8. The molecule has 86 valence electrons. The first-order chi connectivity index (χ1) is 7.68. The van der Waals surface area contributed by atoms with Crippen molar-refractivity contribution in [3.63, 3.8) is 0 Å². The third-order valence-electron chi connectivity index (χ3n) is 2.44. The zero-order valence-electron chi connectivity index (χ0n) is 9.59. The number of imidazole rings is 1. The monoisotopic (exact) mass is 221 g/mol. The van der Waals surface area contributed by atoms with Crippen molar-refractivity contribution in [2.24, 2.45) is 0 Å². The fourth-order valence-corrected chi connectivity index (χ4v) is 1.61. The number of quaternary nitrogens is 1. The highest BCUT2D eigenvalue weighted by molar-refractivity contribution is 5.80. The lowest BCUT2D eigenvalue weighted by Crippen LogP contribution is -2.89. The van der Waals surface area contributed by atoms with Crippen LogP contribution in [0.5, 0.6) is 0 Å². The van der Waals surface area contributed by atoms with Crippen LogP contribution >= 0.6 is 0 Å². The van der Waals surface area contributed by atoms with E-state index in [4.69, 9.17) is 5.73 Å². The second-order valence-corrected chi connectivity index (χ2v) is 4.14. The van der Waals surface area contributed by atoms with Crippen molar-refractivity contribution in [1.82, 2.24) is 19.5 Å². The molecule has 2 rings (SSSR count). The number of anilines is 1. The van der Waals surface area contributed by atoms with Gasteiger partial charge in [0.1, 0.15) is 11.8 Å². The molecule has 0 amide bonds. The van der Waals surface area contributed by atoms with E-state index in [9.17, 15) is 0 Å². The minimum atomic E-state index is 0.441. The van der Waals surface area contributed by atoms with E-state index >= 15 is 0 Å². The van der Waals surface area contributed by atoms with Crippen molar-refractivity contribution in [3.8, 4) is 0 Å². The molecule has 0 aliphatic heterocycles. The molecule has 0 spiro atoms. The second-order valence-electron chi connectivity index (χ2n) is 4.14. The van der Waals surface area contributed by atoms with Crippen molar-refractivity contribution in [3.05, 3.63) is 12.7 Å². The predicted molar refractivity (Wildman–Crippen MR) is 61.7 cm³/mol. The zero-order chi connectivity index (χ0) is 11.5. The Kier molecular flexibility index (Phi) is 3.00. The van der Waals surface area contributed by atoms with Gasteiger partial charge in [-0.05, 0) is 13.8 Å². The van der Waals surface area contributed by atoms with Crippen molar-refractivity contribution in [1.29, 1.82) is 0 Å². The van der Waals surface area contributed by atoms with Crippen molar-refractivity contribution in [2.75, 3.05) is 12.3 Å². The Balaban J connectivity index is 2.16. The number of nitrogen functional groups attached to an aromatic ring is 1.